The van der Waals surface area contributed by atoms with Crippen LogP contribution >= 0.6 is 0 Å². The molecule has 0 aliphatic rings. The van der Waals surface area contributed by atoms with Crippen molar-refractivity contribution in [3.8, 4) is 5.75 Å². The largest absolute Gasteiger partial charge is 0.490 e. The molecule has 0 amide bonds. The molecule has 0 radical (unpaired) electrons. The Morgan fingerprint density at radius 3 is 2.82 bits per heavy atom. The summed E-state index contributed by atoms with van der Waals surface area (Å²) in [7, 11) is 0. The number of carbonyl (C=O) groups is 1. The first-order chi connectivity index (χ1) is 13.4. The number of hydrogen-bond acceptors (Lipinski definition) is 5. The molecule has 0 fully saturated rings. The third-order valence-electron chi connectivity index (χ3n) is 4.23. The van der Waals surface area contributed by atoms with Crippen LogP contribution in [0.1, 0.15) is 18.9 Å². The van der Waals surface area contributed by atoms with Crippen LogP contribution in [0.4, 0.5) is 4.39 Å². The van der Waals surface area contributed by atoms with E-state index in [0.717, 1.165) is 5.56 Å². The van der Waals surface area contributed by atoms with Crippen LogP contribution in [0.15, 0.2) is 53.6 Å². The van der Waals surface area contributed by atoms with E-state index in [9.17, 15) is 14.0 Å². The van der Waals surface area contributed by atoms with Gasteiger partial charge in [-0.2, -0.15) is 0 Å². The SMILES string of the molecule is Cc1cccc2c(=O)n(CCC(=O)OC(C)COc3cccc(F)c3)cnc12. The summed E-state index contributed by atoms with van der Waals surface area (Å²) >= 11 is 0. The predicted molar refractivity (Wildman–Crippen MR) is 103 cm³/mol. The first-order valence-electron chi connectivity index (χ1n) is 8.96. The van der Waals surface area contributed by atoms with Crippen molar-refractivity contribution in [2.24, 2.45) is 0 Å². The van der Waals surface area contributed by atoms with E-state index in [-0.39, 0.29) is 25.1 Å². The molecule has 6 nitrogen and oxygen atoms in total. The maximum absolute atomic E-state index is 13.1. The predicted octanol–water partition coefficient (Wildman–Crippen LogP) is 3.24. The van der Waals surface area contributed by atoms with Gasteiger partial charge in [-0.15, -0.1) is 0 Å². The fourth-order valence-corrected chi connectivity index (χ4v) is 2.80. The number of nitrogens with zero attached hydrogens (tertiary/aromatic N) is 2. The molecule has 1 atom stereocenters. The van der Waals surface area contributed by atoms with E-state index in [1.54, 1.807) is 25.1 Å². The zero-order valence-electron chi connectivity index (χ0n) is 15.7. The maximum Gasteiger partial charge on any atom is 0.307 e. The molecule has 0 bridgehead atoms. The molecule has 0 aliphatic heterocycles. The minimum Gasteiger partial charge on any atom is -0.490 e. The summed E-state index contributed by atoms with van der Waals surface area (Å²) in [6, 6.07) is 11.2. The van der Waals surface area contributed by atoms with Crippen molar-refractivity contribution in [2.75, 3.05) is 6.61 Å². The first kappa shape index (κ1) is 19.5. The molecule has 3 rings (SSSR count). The third kappa shape index (κ3) is 4.73. The van der Waals surface area contributed by atoms with Gasteiger partial charge >= 0.3 is 5.97 Å². The van der Waals surface area contributed by atoms with Crippen LogP contribution in [-0.4, -0.2) is 28.2 Å². The van der Waals surface area contributed by atoms with Gasteiger partial charge in [-0.05, 0) is 37.6 Å². The molecule has 0 spiro atoms. The van der Waals surface area contributed by atoms with E-state index >= 15 is 0 Å². The summed E-state index contributed by atoms with van der Waals surface area (Å²) in [6.45, 7) is 3.85. The van der Waals surface area contributed by atoms with E-state index in [1.165, 1.54) is 29.1 Å². The minimum atomic E-state index is -0.509. The Hall–Kier alpha value is -3.22. The van der Waals surface area contributed by atoms with E-state index in [2.05, 4.69) is 4.98 Å². The van der Waals surface area contributed by atoms with E-state index in [0.29, 0.717) is 16.7 Å². The average Bonchev–Trinajstić information content (AvgIpc) is 2.66. The number of para-hydroxylation sites is 1. The highest BCUT2D eigenvalue weighted by Gasteiger charge is 2.12. The highest BCUT2D eigenvalue weighted by molar-refractivity contribution is 5.80. The summed E-state index contributed by atoms with van der Waals surface area (Å²) in [5.74, 6) is -0.481. The lowest BCUT2D eigenvalue weighted by molar-refractivity contribution is -0.149. The molecular weight excluding hydrogens is 363 g/mol. The maximum atomic E-state index is 13.1. The van der Waals surface area contributed by atoms with Gasteiger partial charge in [0.25, 0.3) is 5.56 Å². The minimum absolute atomic E-state index is 0.0310. The van der Waals surface area contributed by atoms with E-state index in [1.807, 2.05) is 13.0 Å². The number of aryl methyl sites for hydroxylation is 2. The van der Waals surface area contributed by atoms with Crippen LogP contribution in [0.5, 0.6) is 5.75 Å². The number of esters is 1. The van der Waals surface area contributed by atoms with Crippen LogP contribution < -0.4 is 10.3 Å². The van der Waals surface area contributed by atoms with Crippen LogP contribution in [0.25, 0.3) is 10.9 Å². The number of fused-ring (bicyclic) bond motifs is 1. The molecule has 146 valence electrons. The van der Waals surface area contributed by atoms with Crippen molar-refractivity contribution in [1.82, 2.24) is 9.55 Å². The average molecular weight is 384 g/mol. The van der Waals surface area contributed by atoms with Gasteiger partial charge in [-0.3, -0.25) is 14.2 Å². The fraction of sp³-hybridized carbons (Fsp3) is 0.286. The zero-order chi connectivity index (χ0) is 20.1. The smallest absolute Gasteiger partial charge is 0.307 e. The second kappa shape index (κ2) is 8.65. The Labute approximate surface area is 161 Å². The molecule has 3 aromatic rings. The van der Waals surface area contributed by atoms with Crippen LogP contribution in [0.2, 0.25) is 0 Å². The van der Waals surface area contributed by atoms with Gasteiger partial charge < -0.3 is 9.47 Å². The Bertz CT molecular complexity index is 1050. The number of carbonyl (C=O) groups excluding carboxylic acids is 1. The van der Waals surface area contributed by atoms with Crippen LogP contribution in [0, 0.1) is 12.7 Å². The van der Waals surface area contributed by atoms with Crippen molar-refractivity contribution in [3.05, 3.63) is 70.5 Å². The molecule has 0 N–H and O–H groups in total. The van der Waals surface area contributed by atoms with Gasteiger partial charge in [-0.1, -0.05) is 18.2 Å². The number of aromatic nitrogens is 2. The Balaban J connectivity index is 1.53. The van der Waals surface area contributed by atoms with Gasteiger partial charge in [0.15, 0.2) is 0 Å². The number of halogens is 1. The van der Waals surface area contributed by atoms with E-state index < -0.39 is 17.9 Å². The van der Waals surface area contributed by atoms with Crippen molar-refractivity contribution < 1.29 is 18.7 Å². The molecular formula is C21H21FN2O4. The number of rotatable bonds is 7. The molecule has 1 heterocycles. The van der Waals surface area contributed by atoms with Gasteiger partial charge in [0, 0.05) is 12.6 Å². The Morgan fingerprint density at radius 2 is 2.04 bits per heavy atom. The highest BCUT2D eigenvalue weighted by Crippen LogP contribution is 2.13. The monoisotopic (exact) mass is 384 g/mol. The lowest BCUT2D eigenvalue weighted by Gasteiger charge is -2.15. The summed E-state index contributed by atoms with van der Waals surface area (Å²) in [5, 5.41) is 0.521. The fourth-order valence-electron chi connectivity index (χ4n) is 2.80. The third-order valence-corrected chi connectivity index (χ3v) is 4.23. The molecule has 0 saturated heterocycles. The van der Waals surface area contributed by atoms with Crippen LogP contribution in [-0.2, 0) is 16.1 Å². The van der Waals surface area contributed by atoms with E-state index in [4.69, 9.17) is 9.47 Å². The lowest BCUT2D eigenvalue weighted by atomic mass is 10.1. The molecule has 0 aliphatic carbocycles. The number of hydrogen-bond donors (Lipinski definition) is 0. The summed E-state index contributed by atoms with van der Waals surface area (Å²) in [6.07, 6.45) is 0.967. The Kier molecular flexibility index (Phi) is 6.03. The summed E-state index contributed by atoms with van der Waals surface area (Å²) in [5.41, 5.74) is 1.40. The second-order valence-corrected chi connectivity index (χ2v) is 6.53. The highest BCUT2D eigenvalue weighted by atomic mass is 19.1. The van der Waals surface area contributed by atoms with Gasteiger partial charge in [0.1, 0.15) is 24.3 Å². The topological polar surface area (TPSA) is 70.4 Å². The molecule has 2 aromatic carbocycles. The van der Waals surface area contributed by atoms with Gasteiger partial charge in [0.05, 0.1) is 23.7 Å². The number of ether oxygens (including phenoxy) is 2. The lowest BCUT2D eigenvalue weighted by Crippen LogP contribution is -2.25. The molecule has 0 saturated carbocycles. The Morgan fingerprint density at radius 1 is 1.25 bits per heavy atom. The van der Waals surface area contributed by atoms with Crippen molar-refractivity contribution >= 4 is 16.9 Å². The van der Waals surface area contributed by atoms with Gasteiger partial charge in [0.2, 0.25) is 0 Å². The molecule has 1 aromatic heterocycles. The quantitative estimate of drug-likeness (QED) is 0.585. The molecule has 1 unspecified atom stereocenters. The first-order valence-corrected chi connectivity index (χ1v) is 8.96. The summed E-state index contributed by atoms with van der Waals surface area (Å²) in [4.78, 5) is 28.9. The van der Waals surface area contributed by atoms with Gasteiger partial charge in [-0.25, -0.2) is 9.37 Å². The second-order valence-electron chi connectivity index (χ2n) is 6.53. The molecule has 7 heteroatoms. The summed E-state index contributed by atoms with van der Waals surface area (Å²) < 4.78 is 25.2. The normalized spacial score (nSPS) is 12.0. The van der Waals surface area contributed by atoms with Crippen molar-refractivity contribution in [3.63, 3.8) is 0 Å². The van der Waals surface area contributed by atoms with Crippen molar-refractivity contribution in [1.29, 1.82) is 0 Å². The van der Waals surface area contributed by atoms with Crippen LogP contribution in [0.3, 0.4) is 0 Å². The molecule has 28 heavy (non-hydrogen) atoms. The van der Waals surface area contributed by atoms with Crippen molar-refractivity contribution in [2.45, 2.75) is 32.9 Å². The standard InChI is InChI=1S/C21H21FN2O4/c1-14-5-3-8-18-20(14)23-13-24(21(18)26)10-9-19(25)28-15(2)12-27-17-7-4-6-16(22)11-17/h3-8,11,13,15H,9-10,12H2,1-2H3. The zero-order valence-corrected chi connectivity index (χ0v) is 15.7. The number of benzene rings is 2.